The molecule has 4 rings (SSSR count). The summed E-state index contributed by atoms with van der Waals surface area (Å²) in [5.74, 6) is -0.312. The molecule has 0 radical (unpaired) electrons. The molecular formula is C22H23N7O5. The van der Waals surface area contributed by atoms with Crippen LogP contribution in [0.4, 0.5) is 17.6 Å². The number of esters is 2. The molecule has 0 aliphatic carbocycles. The minimum Gasteiger partial charge on any atom is -0.466 e. The number of carbonyl (C=O) groups excluding carboxylic acids is 2. The Bertz CT molecular complexity index is 1250. The molecule has 1 aliphatic rings. The molecule has 0 amide bonds. The first-order valence-electron chi connectivity index (χ1n) is 10.3. The highest BCUT2D eigenvalue weighted by atomic mass is 16.5. The molecule has 0 atom stereocenters. The van der Waals surface area contributed by atoms with E-state index in [1.54, 1.807) is 23.1 Å². The number of hydrogen-bond acceptors (Lipinski definition) is 11. The van der Waals surface area contributed by atoms with E-state index in [-0.39, 0.29) is 30.6 Å². The highest BCUT2D eigenvalue weighted by Crippen LogP contribution is 2.34. The van der Waals surface area contributed by atoms with Crippen LogP contribution in [0.15, 0.2) is 41.6 Å². The smallest absolute Gasteiger partial charge is 0.355 e. The molecule has 12 nitrogen and oxygen atoms in total. The molecule has 0 bridgehead atoms. The first-order chi connectivity index (χ1) is 16.4. The lowest BCUT2D eigenvalue weighted by atomic mass is 10.1. The molecule has 3 heterocycles. The van der Waals surface area contributed by atoms with Gasteiger partial charge in [-0.05, 0) is 32.0 Å². The van der Waals surface area contributed by atoms with Crippen molar-refractivity contribution in [2.75, 3.05) is 37.8 Å². The second-order valence-electron chi connectivity index (χ2n) is 7.34. The largest absolute Gasteiger partial charge is 0.466 e. The number of aromatic nitrogens is 5. The molecular weight excluding hydrogens is 442 g/mol. The Balaban J connectivity index is 1.72. The fourth-order valence-corrected chi connectivity index (χ4v) is 3.56. The summed E-state index contributed by atoms with van der Waals surface area (Å²) in [7, 11) is 2.48. The number of hydrogen-bond donors (Lipinski definition) is 2. The van der Waals surface area contributed by atoms with Crippen LogP contribution >= 0.6 is 0 Å². The summed E-state index contributed by atoms with van der Waals surface area (Å²) in [6.07, 6.45) is 0. The first-order valence-corrected chi connectivity index (χ1v) is 10.3. The summed E-state index contributed by atoms with van der Waals surface area (Å²) in [6, 6.07) is 9.04. The van der Waals surface area contributed by atoms with Crippen molar-refractivity contribution in [3.05, 3.63) is 53.0 Å². The Hall–Kier alpha value is -4.32. The van der Waals surface area contributed by atoms with Gasteiger partial charge in [0, 0.05) is 17.0 Å². The monoisotopic (exact) mass is 465 g/mol. The van der Waals surface area contributed by atoms with Crippen LogP contribution < -0.4 is 10.2 Å². The Morgan fingerprint density at radius 3 is 2.44 bits per heavy atom. The van der Waals surface area contributed by atoms with Crippen molar-refractivity contribution in [3.63, 3.8) is 0 Å². The van der Waals surface area contributed by atoms with Crippen LogP contribution in [-0.4, -0.2) is 64.6 Å². The van der Waals surface area contributed by atoms with Crippen LogP contribution in [0, 0.1) is 13.8 Å². The van der Waals surface area contributed by atoms with Gasteiger partial charge in [-0.25, -0.2) is 19.6 Å². The van der Waals surface area contributed by atoms with Gasteiger partial charge in [-0.3, -0.25) is 10.4 Å². The normalized spacial score (nSPS) is 13.6. The van der Waals surface area contributed by atoms with Crippen molar-refractivity contribution in [1.82, 2.24) is 25.1 Å². The van der Waals surface area contributed by atoms with E-state index in [0.717, 1.165) is 11.4 Å². The first kappa shape index (κ1) is 22.9. The van der Waals surface area contributed by atoms with Crippen LogP contribution in [0.5, 0.6) is 0 Å². The van der Waals surface area contributed by atoms with Crippen molar-refractivity contribution >= 4 is 29.5 Å². The molecule has 2 aromatic heterocycles. The van der Waals surface area contributed by atoms with E-state index in [2.05, 4.69) is 30.5 Å². The minimum atomic E-state index is -0.689. The van der Waals surface area contributed by atoms with E-state index in [4.69, 9.17) is 14.2 Å². The number of carbonyl (C=O) groups is 2. The third-order valence-electron chi connectivity index (χ3n) is 4.97. The second-order valence-corrected chi connectivity index (χ2v) is 7.34. The number of H-pyrrole nitrogens is 1. The molecule has 0 fully saturated rings. The summed E-state index contributed by atoms with van der Waals surface area (Å²) >= 11 is 0. The number of rotatable bonds is 6. The van der Waals surface area contributed by atoms with Crippen molar-refractivity contribution in [2.24, 2.45) is 0 Å². The van der Waals surface area contributed by atoms with Gasteiger partial charge in [0.15, 0.2) is 5.82 Å². The summed E-state index contributed by atoms with van der Waals surface area (Å²) < 4.78 is 15.3. The molecule has 176 valence electrons. The van der Waals surface area contributed by atoms with Gasteiger partial charge in [-0.1, -0.05) is 12.1 Å². The summed E-state index contributed by atoms with van der Waals surface area (Å²) in [6.45, 7) is 3.67. The van der Waals surface area contributed by atoms with Crippen molar-refractivity contribution in [1.29, 1.82) is 0 Å². The van der Waals surface area contributed by atoms with E-state index in [1.807, 2.05) is 26.0 Å². The quantitative estimate of drug-likeness (QED) is 0.516. The van der Waals surface area contributed by atoms with Gasteiger partial charge in [0.25, 0.3) is 0 Å². The minimum absolute atomic E-state index is 0.0115. The number of methoxy groups -OCH3 is 2. The molecule has 12 heteroatoms. The van der Waals surface area contributed by atoms with E-state index in [9.17, 15) is 9.59 Å². The fraction of sp³-hybridized carbons (Fsp3) is 0.273. The SMILES string of the molecule is COC(=O)C1=C(C(=O)OC)N(c2ccccc2-c2nc(Nc3nc(C)cc(C)n3)n[nH]2)COC1. The van der Waals surface area contributed by atoms with Gasteiger partial charge in [0.2, 0.25) is 11.9 Å². The Morgan fingerprint density at radius 1 is 1.03 bits per heavy atom. The van der Waals surface area contributed by atoms with Crippen molar-refractivity contribution < 1.29 is 23.8 Å². The predicted molar refractivity (Wildman–Crippen MR) is 121 cm³/mol. The molecule has 1 aromatic carbocycles. The lowest BCUT2D eigenvalue weighted by molar-refractivity contribution is -0.140. The lowest BCUT2D eigenvalue weighted by Crippen LogP contribution is -2.39. The Labute approximate surface area is 195 Å². The number of nitrogens with one attached hydrogen (secondary N) is 2. The zero-order valence-corrected chi connectivity index (χ0v) is 19.1. The van der Waals surface area contributed by atoms with Gasteiger partial charge in [-0.15, -0.1) is 5.10 Å². The number of benzene rings is 1. The van der Waals surface area contributed by atoms with E-state index < -0.39 is 11.9 Å². The Kier molecular flexibility index (Phi) is 6.50. The molecule has 0 spiro atoms. The maximum absolute atomic E-state index is 12.6. The average molecular weight is 465 g/mol. The van der Waals surface area contributed by atoms with E-state index in [1.165, 1.54) is 14.2 Å². The van der Waals surface area contributed by atoms with Gasteiger partial charge in [0.05, 0.1) is 32.1 Å². The van der Waals surface area contributed by atoms with Gasteiger partial charge in [0.1, 0.15) is 12.4 Å². The predicted octanol–water partition coefficient (Wildman–Crippen LogP) is 2.02. The standard InChI is InChI=1S/C22H23N7O5/c1-12-9-13(2)24-21(23-12)26-22-25-18(27-28-22)14-7-5-6-8-16(14)29-11-34-10-15(19(30)32-3)17(29)20(31)33-4/h5-9H,10-11H2,1-4H3,(H2,23,24,25,26,27,28). The van der Waals surface area contributed by atoms with Gasteiger partial charge < -0.3 is 19.1 Å². The lowest BCUT2D eigenvalue weighted by Gasteiger charge is -2.32. The zero-order chi connectivity index (χ0) is 24.2. The van der Waals surface area contributed by atoms with Crippen LogP contribution in [0.1, 0.15) is 11.4 Å². The molecule has 1 aliphatic heterocycles. The summed E-state index contributed by atoms with van der Waals surface area (Å²) in [5.41, 5.74) is 2.88. The van der Waals surface area contributed by atoms with Crippen LogP contribution in [0.2, 0.25) is 0 Å². The molecule has 3 aromatic rings. The van der Waals surface area contributed by atoms with Crippen molar-refractivity contribution in [3.8, 4) is 11.4 Å². The van der Waals surface area contributed by atoms with Crippen LogP contribution in [0.3, 0.4) is 0 Å². The molecule has 0 unspecified atom stereocenters. The third-order valence-corrected chi connectivity index (χ3v) is 4.97. The highest BCUT2D eigenvalue weighted by molar-refractivity contribution is 6.04. The maximum Gasteiger partial charge on any atom is 0.355 e. The molecule has 0 saturated heterocycles. The number of aryl methyl sites for hydroxylation is 2. The van der Waals surface area contributed by atoms with E-state index in [0.29, 0.717) is 23.0 Å². The highest BCUT2D eigenvalue weighted by Gasteiger charge is 2.33. The van der Waals surface area contributed by atoms with Crippen molar-refractivity contribution in [2.45, 2.75) is 13.8 Å². The van der Waals surface area contributed by atoms with Crippen LogP contribution in [0.25, 0.3) is 11.4 Å². The molecule has 34 heavy (non-hydrogen) atoms. The second kappa shape index (κ2) is 9.67. The maximum atomic E-state index is 12.6. The summed E-state index contributed by atoms with van der Waals surface area (Å²) in [4.78, 5) is 39.7. The Morgan fingerprint density at radius 2 is 1.74 bits per heavy atom. The number of ether oxygens (including phenoxy) is 3. The summed E-state index contributed by atoms with van der Waals surface area (Å²) in [5, 5.41) is 10.1. The number of para-hydroxylation sites is 1. The number of aromatic amines is 1. The number of anilines is 3. The topological polar surface area (TPSA) is 144 Å². The fourth-order valence-electron chi connectivity index (χ4n) is 3.56. The average Bonchev–Trinajstić information content (AvgIpc) is 3.30. The molecule has 2 N–H and O–H groups in total. The van der Waals surface area contributed by atoms with Gasteiger partial charge >= 0.3 is 11.9 Å². The zero-order valence-electron chi connectivity index (χ0n) is 19.1. The number of nitrogens with zero attached hydrogens (tertiary/aromatic N) is 5. The van der Waals surface area contributed by atoms with Gasteiger partial charge in [-0.2, -0.15) is 4.98 Å². The van der Waals surface area contributed by atoms with E-state index >= 15 is 0 Å². The third kappa shape index (κ3) is 4.57. The van der Waals surface area contributed by atoms with Crippen LogP contribution in [-0.2, 0) is 23.8 Å². The molecule has 0 saturated carbocycles.